The molecular weight excluding hydrogens is 230 g/mol. The van der Waals surface area contributed by atoms with Crippen molar-refractivity contribution in [3.63, 3.8) is 0 Å². The number of aliphatic hydroxyl groups is 1. The van der Waals surface area contributed by atoms with Gasteiger partial charge < -0.3 is 15.5 Å². The van der Waals surface area contributed by atoms with Crippen molar-refractivity contribution in [2.75, 3.05) is 0 Å². The van der Waals surface area contributed by atoms with Crippen LogP contribution in [0.15, 0.2) is 5.10 Å². The first-order valence-corrected chi connectivity index (χ1v) is 4.99. The highest BCUT2D eigenvalue weighted by atomic mass is 16.4. The van der Waals surface area contributed by atoms with Crippen LogP contribution >= 0.6 is 0 Å². The Bertz CT molecular complexity index is 377. The molecule has 1 rings (SSSR count). The fraction of sp³-hybridized carbons (Fsp3) is 0.556. The molecule has 0 aromatic heterocycles. The molecule has 1 aliphatic heterocycles. The van der Waals surface area contributed by atoms with Crippen molar-refractivity contribution in [2.24, 2.45) is 5.10 Å². The van der Waals surface area contributed by atoms with E-state index in [4.69, 9.17) is 10.2 Å². The third-order valence-corrected chi connectivity index (χ3v) is 2.20. The molecular formula is C9H13N3O5. The maximum absolute atomic E-state index is 11.6. The summed E-state index contributed by atoms with van der Waals surface area (Å²) in [5.41, 5.74) is 2.16. The number of hydrogen-bond acceptors (Lipinski definition) is 5. The summed E-state index contributed by atoms with van der Waals surface area (Å²) in [5, 5.41) is 23.6. The molecule has 0 saturated heterocycles. The molecule has 4 N–H and O–H groups in total. The molecule has 0 aromatic carbocycles. The number of nitrogens with one attached hydrogen (secondary N) is 2. The first kappa shape index (κ1) is 13.1. The Balaban J connectivity index is 2.65. The van der Waals surface area contributed by atoms with Crippen LogP contribution in [0, 0.1) is 0 Å². The minimum atomic E-state index is -1.40. The smallest absolute Gasteiger partial charge is 0.328 e. The number of amides is 2. The van der Waals surface area contributed by atoms with Gasteiger partial charge in [0.2, 0.25) is 5.91 Å². The van der Waals surface area contributed by atoms with E-state index >= 15 is 0 Å². The first-order chi connectivity index (χ1) is 7.91. The Hall–Kier alpha value is -1.96. The minimum Gasteiger partial charge on any atom is -0.480 e. The van der Waals surface area contributed by atoms with Crippen LogP contribution in [0.5, 0.6) is 0 Å². The van der Waals surface area contributed by atoms with E-state index in [0.29, 0.717) is 0 Å². The lowest BCUT2D eigenvalue weighted by Gasteiger charge is -2.18. The Labute approximate surface area is 96.7 Å². The summed E-state index contributed by atoms with van der Waals surface area (Å²) in [6.45, 7) is 1.25. The largest absolute Gasteiger partial charge is 0.480 e. The van der Waals surface area contributed by atoms with Crippen LogP contribution in [-0.4, -0.2) is 45.9 Å². The molecule has 8 nitrogen and oxygen atoms in total. The maximum Gasteiger partial charge on any atom is 0.328 e. The van der Waals surface area contributed by atoms with E-state index in [0.717, 1.165) is 0 Å². The molecule has 94 valence electrons. The van der Waals surface area contributed by atoms with E-state index in [1.165, 1.54) is 6.92 Å². The Morgan fingerprint density at radius 2 is 2.12 bits per heavy atom. The quantitative estimate of drug-likeness (QED) is 0.463. The summed E-state index contributed by atoms with van der Waals surface area (Å²) in [7, 11) is 0. The van der Waals surface area contributed by atoms with Gasteiger partial charge in [-0.3, -0.25) is 9.59 Å². The van der Waals surface area contributed by atoms with Crippen molar-refractivity contribution in [2.45, 2.75) is 31.9 Å². The molecule has 0 spiro atoms. The van der Waals surface area contributed by atoms with Gasteiger partial charge >= 0.3 is 5.97 Å². The molecule has 1 heterocycles. The predicted octanol–water partition coefficient (Wildman–Crippen LogP) is -1.80. The fourth-order valence-corrected chi connectivity index (χ4v) is 1.25. The number of nitrogens with zero attached hydrogens (tertiary/aromatic N) is 1. The van der Waals surface area contributed by atoms with Crippen molar-refractivity contribution < 1.29 is 24.6 Å². The molecule has 8 heteroatoms. The number of hydrogen-bond donors (Lipinski definition) is 4. The van der Waals surface area contributed by atoms with Gasteiger partial charge in [0.25, 0.3) is 5.91 Å². The third kappa shape index (κ3) is 3.52. The van der Waals surface area contributed by atoms with Gasteiger partial charge in [-0.2, -0.15) is 5.10 Å². The summed E-state index contributed by atoms with van der Waals surface area (Å²) in [4.78, 5) is 33.1. The number of carboxylic acid groups (broad SMARTS) is 1. The van der Waals surface area contributed by atoms with Crippen molar-refractivity contribution in [1.82, 2.24) is 10.7 Å². The Morgan fingerprint density at radius 1 is 1.47 bits per heavy atom. The van der Waals surface area contributed by atoms with Gasteiger partial charge in [-0.05, 0) is 6.92 Å². The number of rotatable bonds is 4. The zero-order valence-electron chi connectivity index (χ0n) is 9.14. The molecule has 0 aliphatic carbocycles. The van der Waals surface area contributed by atoms with E-state index in [1.54, 1.807) is 0 Å². The first-order valence-electron chi connectivity index (χ1n) is 4.99. The summed E-state index contributed by atoms with van der Waals surface area (Å²) in [5.74, 6) is -2.35. The van der Waals surface area contributed by atoms with Crippen molar-refractivity contribution in [3.8, 4) is 0 Å². The van der Waals surface area contributed by atoms with E-state index in [9.17, 15) is 14.4 Å². The van der Waals surface area contributed by atoms with Gasteiger partial charge in [0.05, 0.1) is 6.10 Å². The van der Waals surface area contributed by atoms with Crippen LogP contribution in [-0.2, 0) is 14.4 Å². The van der Waals surface area contributed by atoms with Gasteiger partial charge in [0, 0.05) is 12.8 Å². The second-order valence-electron chi connectivity index (χ2n) is 3.62. The van der Waals surface area contributed by atoms with Gasteiger partial charge in [-0.1, -0.05) is 0 Å². The lowest BCUT2D eigenvalue weighted by molar-refractivity contribution is -0.144. The summed E-state index contributed by atoms with van der Waals surface area (Å²) < 4.78 is 0. The zero-order chi connectivity index (χ0) is 13.0. The van der Waals surface area contributed by atoms with Crippen LogP contribution in [0.4, 0.5) is 0 Å². The second-order valence-corrected chi connectivity index (χ2v) is 3.62. The normalized spacial score (nSPS) is 18.7. The van der Waals surface area contributed by atoms with E-state index in [2.05, 4.69) is 15.8 Å². The molecule has 0 bridgehead atoms. The fourth-order valence-electron chi connectivity index (χ4n) is 1.25. The van der Waals surface area contributed by atoms with Crippen LogP contribution in [0.25, 0.3) is 0 Å². The lowest BCUT2D eigenvalue weighted by atomic mass is 10.1. The second kappa shape index (κ2) is 5.39. The van der Waals surface area contributed by atoms with Crippen LogP contribution in [0.3, 0.4) is 0 Å². The molecule has 1 aliphatic rings. The minimum absolute atomic E-state index is 0.0384. The van der Waals surface area contributed by atoms with E-state index in [-0.39, 0.29) is 24.5 Å². The summed E-state index contributed by atoms with van der Waals surface area (Å²) in [6.07, 6.45) is -0.960. The third-order valence-electron chi connectivity index (χ3n) is 2.20. The average molecular weight is 243 g/mol. The van der Waals surface area contributed by atoms with Crippen molar-refractivity contribution in [3.05, 3.63) is 0 Å². The molecule has 0 aromatic rings. The molecule has 2 atom stereocenters. The maximum atomic E-state index is 11.6. The SMILES string of the molecule is CC(O)C(NC(=O)C1=NNC(=O)CC1)C(=O)O. The molecule has 0 fully saturated rings. The lowest BCUT2D eigenvalue weighted by Crippen LogP contribution is -2.50. The molecule has 2 amide bonds. The van der Waals surface area contributed by atoms with Gasteiger partial charge in [0.15, 0.2) is 6.04 Å². The van der Waals surface area contributed by atoms with Crippen LogP contribution in [0.2, 0.25) is 0 Å². The molecule has 0 radical (unpaired) electrons. The van der Waals surface area contributed by atoms with Gasteiger partial charge in [-0.15, -0.1) is 0 Å². The standard InChI is InChI=1S/C9H13N3O5/c1-4(13)7(9(16)17)10-8(15)5-2-3-6(14)12-11-5/h4,7,13H,2-3H2,1H3,(H,10,15)(H,12,14)(H,16,17). The number of aliphatic carboxylic acids is 1. The van der Waals surface area contributed by atoms with Crippen LogP contribution in [0.1, 0.15) is 19.8 Å². The topological polar surface area (TPSA) is 128 Å². The molecule has 17 heavy (non-hydrogen) atoms. The summed E-state index contributed by atoms with van der Waals surface area (Å²) >= 11 is 0. The van der Waals surface area contributed by atoms with Gasteiger partial charge in [-0.25, -0.2) is 10.2 Å². The van der Waals surface area contributed by atoms with E-state index < -0.39 is 24.0 Å². The number of carbonyl (C=O) groups is 3. The predicted molar refractivity (Wildman–Crippen MR) is 56.1 cm³/mol. The highest BCUT2D eigenvalue weighted by molar-refractivity contribution is 6.39. The Morgan fingerprint density at radius 3 is 2.53 bits per heavy atom. The number of carboxylic acids is 1. The van der Waals surface area contributed by atoms with Crippen molar-refractivity contribution >= 4 is 23.5 Å². The zero-order valence-corrected chi connectivity index (χ0v) is 9.14. The number of carbonyl (C=O) groups excluding carboxylic acids is 2. The molecule has 0 saturated carbocycles. The van der Waals surface area contributed by atoms with E-state index in [1.807, 2.05) is 0 Å². The van der Waals surface area contributed by atoms with Crippen molar-refractivity contribution in [1.29, 1.82) is 0 Å². The number of aliphatic hydroxyl groups excluding tert-OH is 1. The monoisotopic (exact) mass is 243 g/mol. The summed E-state index contributed by atoms with van der Waals surface area (Å²) in [6, 6.07) is -1.40. The Kier molecular flexibility index (Phi) is 4.16. The average Bonchev–Trinajstić information content (AvgIpc) is 2.25. The highest BCUT2D eigenvalue weighted by Crippen LogP contribution is 2.01. The number of hydrazone groups is 1. The molecule has 2 unspecified atom stereocenters. The van der Waals surface area contributed by atoms with Gasteiger partial charge in [0.1, 0.15) is 5.71 Å². The van der Waals surface area contributed by atoms with Crippen LogP contribution < -0.4 is 10.7 Å². The highest BCUT2D eigenvalue weighted by Gasteiger charge is 2.27.